The first-order valence-corrected chi connectivity index (χ1v) is 6.20. The second kappa shape index (κ2) is 5.51. The van der Waals surface area contributed by atoms with E-state index in [1.165, 1.54) is 6.07 Å². The summed E-state index contributed by atoms with van der Waals surface area (Å²) in [5, 5.41) is 9.67. The lowest BCUT2D eigenvalue weighted by molar-refractivity contribution is 0.0696. The Bertz CT molecular complexity index is 639. The van der Waals surface area contributed by atoms with E-state index in [9.17, 15) is 4.79 Å². The second-order valence-corrected chi connectivity index (χ2v) is 4.72. The summed E-state index contributed by atoms with van der Waals surface area (Å²) >= 11 is 11.9. The molecule has 0 atom stereocenters. The molecule has 0 saturated carbocycles. The lowest BCUT2D eigenvalue weighted by atomic mass is 10.1. The standard InChI is InChI=1S/C14H10Cl2O3/c1-8-7-9(5-6-10(8)14(17)18)19-12-4-2-3-11(15)13(12)16/h2-7H,1H3,(H,17,18). The molecule has 2 aromatic rings. The molecule has 2 rings (SSSR count). The van der Waals surface area contributed by atoms with Crippen molar-refractivity contribution in [3.63, 3.8) is 0 Å². The molecule has 1 N–H and O–H groups in total. The van der Waals surface area contributed by atoms with Gasteiger partial charge in [0.15, 0.2) is 0 Å². The largest absolute Gasteiger partial charge is 0.478 e. The summed E-state index contributed by atoms with van der Waals surface area (Å²) in [6.07, 6.45) is 0. The van der Waals surface area contributed by atoms with E-state index in [1.54, 1.807) is 37.3 Å². The van der Waals surface area contributed by atoms with Crippen LogP contribution in [0.25, 0.3) is 0 Å². The smallest absolute Gasteiger partial charge is 0.335 e. The van der Waals surface area contributed by atoms with Crippen LogP contribution in [0.15, 0.2) is 36.4 Å². The molecule has 0 aromatic heterocycles. The molecule has 19 heavy (non-hydrogen) atoms. The van der Waals surface area contributed by atoms with Crippen LogP contribution in [0.3, 0.4) is 0 Å². The Morgan fingerprint density at radius 3 is 2.58 bits per heavy atom. The van der Waals surface area contributed by atoms with Crippen molar-refractivity contribution in [3.8, 4) is 11.5 Å². The number of hydrogen-bond donors (Lipinski definition) is 1. The predicted molar refractivity (Wildman–Crippen MR) is 74.7 cm³/mol. The van der Waals surface area contributed by atoms with Gasteiger partial charge in [0, 0.05) is 0 Å². The third kappa shape index (κ3) is 3.00. The van der Waals surface area contributed by atoms with Crippen LogP contribution < -0.4 is 4.74 Å². The number of aryl methyl sites for hydroxylation is 1. The maximum atomic E-state index is 10.9. The molecule has 0 aliphatic carbocycles. The maximum absolute atomic E-state index is 10.9. The molecule has 3 nitrogen and oxygen atoms in total. The van der Waals surface area contributed by atoms with Gasteiger partial charge in [-0.1, -0.05) is 29.3 Å². The molecule has 98 valence electrons. The Kier molecular flexibility index (Phi) is 3.98. The van der Waals surface area contributed by atoms with E-state index in [0.717, 1.165) is 0 Å². The van der Waals surface area contributed by atoms with Crippen molar-refractivity contribution in [1.29, 1.82) is 0 Å². The summed E-state index contributed by atoms with van der Waals surface area (Å²) in [4.78, 5) is 10.9. The highest BCUT2D eigenvalue weighted by Gasteiger charge is 2.10. The highest BCUT2D eigenvalue weighted by molar-refractivity contribution is 6.42. The highest BCUT2D eigenvalue weighted by Crippen LogP contribution is 2.34. The van der Waals surface area contributed by atoms with Gasteiger partial charge < -0.3 is 9.84 Å². The quantitative estimate of drug-likeness (QED) is 0.885. The van der Waals surface area contributed by atoms with Gasteiger partial charge in [0.1, 0.15) is 16.5 Å². The number of aromatic carboxylic acids is 1. The van der Waals surface area contributed by atoms with Crippen molar-refractivity contribution < 1.29 is 14.6 Å². The number of carbonyl (C=O) groups is 1. The lowest BCUT2D eigenvalue weighted by Crippen LogP contribution is -1.99. The van der Waals surface area contributed by atoms with Crippen molar-refractivity contribution in [1.82, 2.24) is 0 Å². The number of rotatable bonds is 3. The molecule has 0 fully saturated rings. The normalized spacial score (nSPS) is 10.3. The van der Waals surface area contributed by atoms with Crippen molar-refractivity contribution in [2.45, 2.75) is 6.92 Å². The van der Waals surface area contributed by atoms with E-state index in [2.05, 4.69) is 0 Å². The summed E-state index contributed by atoms with van der Waals surface area (Å²) in [6.45, 7) is 1.70. The Hall–Kier alpha value is -1.71. The van der Waals surface area contributed by atoms with E-state index in [1.807, 2.05) is 0 Å². The first-order valence-electron chi connectivity index (χ1n) is 5.45. The molecule has 0 heterocycles. The molecule has 5 heteroatoms. The number of ether oxygens (including phenoxy) is 1. The van der Waals surface area contributed by atoms with E-state index in [0.29, 0.717) is 27.1 Å². The van der Waals surface area contributed by atoms with Crippen LogP contribution >= 0.6 is 23.2 Å². The molecule has 0 saturated heterocycles. The molecule has 0 amide bonds. The van der Waals surface area contributed by atoms with Crippen LogP contribution in [0, 0.1) is 6.92 Å². The van der Waals surface area contributed by atoms with Gasteiger partial charge in [-0.25, -0.2) is 4.79 Å². The van der Waals surface area contributed by atoms with Crippen molar-refractivity contribution in [2.24, 2.45) is 0 Å². The molecule has 0 spiro atoms. The minimum atomic E-state index is -0.968. The third-order valence-electron chi connectivity index (χ3n) is 2.57. The fraction of sp³-hybridized carbons (Fsp3) is 0.0714. The van der Waals surface area contributed by atoms with Gasteiger partial charge in [0.05, 0.1) is 10.6 Å². The fourth-order valence-corrected chi connectivity index (χ4v) is 1.96. The molecule has 2 aromatic carbocycles. The van der Waals surface area contributed by atoms with E-state index in [-0.39, 0.29) is 5.56 Å². The zero-order chi connectivity index (χ0) is 14.0. The van der Waals surface area contributed by atoms with Gasteiger partial charge in [0.25, 0.3) is 0 Å². The third-order valence-corrected chi connectivity index (χ3v) is 3.37. The Balaban J connectivity index is 2.32. The van der Waals surface area contributed by atoms with Gasteiger partial charge in [-0.15, -0.1) is 0 Å². The zero-order valence-electron chi connectivity index (χ0n) is 9.98. The minimum absolute atomic E-state index is 0.240. The molecule has 0 aliphatic rings. The van der Waals surface area contributed by atoms with E-state index in [4.69, 9.17) is 33.0 Å². The fourth-order valence-electron chi connectivity index (χ4n) is 1.63. The lowest BCUT2D eigenvalue weighted by Gasteiger charge is -2.10. The summed E-state index contributed by atoms with van der Waals surface area (Å²) < 4.78 is 5.60. The average Bonchev–Trinajstić information content (AvgIpc) is 2.34. The molecule has 0 bridgehead atoms. The first kappa shape index (κ1) is 13.7. The number of carboxylic acid groups (broad SMARTS) is 1. The molecular formula is C14H10Cl2O3. The van der Waals surface area contributed by atoms with Crippen LogP contribution in [0.1, 0.15) is 15.9 Å². The van der Waals surface area contributed by atoms with Gasteiger partial charge in [-0.3, -0.25) is 0 Å². The first-order chi connectivity index (χ1) is 8.99. The van der Waals surface area contributed by atoms with Crippen molar-refractivity contribution in [3.05, 3.63) is 57.6 Å². The number of halogens is 2. The van der Waals surface area contributed by atoms with E-state index < -0.39 is 5.97 Å². The summed E-state index contributed by atoms with van der Waals surface area (Å²) in [6, 6.07) is 9.78. The van der Waals surface area contributed by atoms with Crippen LogP contribution in [-0.4, -0.2) is 11.1 Å². The molecular weight excluding hydrogens is 287 g/mol. The van der Waals surface area contributed by atoms with Gasteiger partial charge >= 0.3 is 5.97 Å². The SMILES string of the molecule is Cc1cc(Oc2cccc(Cl)c2Cl)ccc1C(=O)O. The van der Waals surface area contributed by atoms with Crippen LogP contribution in [0.4, 0.5) is 0 Å². The zero-order valence-corrected chi connectivity index (χ0v) is 11.5. The van der Waals surface area contributed by atoms with E-state index >= 15 is 0 Å². The number of hydrogen-bond acceptors (Lipinski definition) is 2. The van der Waals surface area contributed by atoms with Crippen LogP contribution in [0.5, 0.6) is 11.5 Å². The number of benzene rings is 2. The molecule has 0 aliphatic heterocycles. The number of carboxylic acids is 1. The highest BCUT2D eigenvalue weighted by atomic mass is 35.5. The van der Waals surface area contributed by atoms with Crippen molar-refractivity contribution >= 4 is 29.2 Å². The van der Waals surface area contributed by atoms with Gasteiger partial charge in [-0.2, -0.15) is 0 Å². The second-order valence-electron chi connectivity index (χ2n) is 3.94. The maximum Gasteiger partial charge on any atom is 0.335 e. The van der Waals surface area contributed by atoms with Crippen LogP contribution in [-0.2, 0) is 0 Å². The summed E-state index contributed by atoms with van der Waals surface area (Å²) in [5.41, 5.74) is 0.854. The topological polar surface area (TPSA) is 46.5 Å². The van der Waals surface area contributed by atoms with Crippen molar-refractivity contribution in [2.75, 3.05) is 0 Å². The van der Waals surface area contributed by atoms with Crippen LogP contribution in [0.2, 0.25) is 10.0 Å². The molecule has 0 radical (unpaired) electrons. The summed E-state index contributed by atoms with van der Waals surface area (Å²) in [7, 11) is 0. The Labute approximate surface area is 120 Å². The minimum Gasteiger partial charge on any atom is -0.478 e. The monoisotopic (exact) mass is 296 g/mol. The average molecular weight is 297 g/mol. The van der Waals surface area contributed by atoms with Gasteiger partial charge in [0.2, 0.25) is 0 Å². The molecule has 0 unspecified atom stereocenters. The van der Waals surface area contributed by atoms with Gasteiger partial charge in [-0.05, 0) is 42.8 Å². The summed E-state index contributed by atoms with van der Waals surface area (Å²) in [5.74, 6) is -0.0341. The Morgan fingerprint density at radius 1 is 1.21 bits per heavy atom. The Morgan fingerprint density at radius 2 is 1.95 bits per heavy atom. The predicted octanol–water partition coefficient (Wildman–Crippen LogP) is 4.79.